The minimum atomic E-state index is 0.544. The van der Waals surface area contributed by atoms with Gasteiger partial charge in [-0.25, -0.2) is 0 Å². The van der Waals surface area contributed by atoms with Crippen LogP contribution in [0.2, 0.25) is 0 Å². The molecule has 0 aliphatic rings. The molecule has 0 fully saturated rings. The Kier molecular flexibility index (Phi) is 3.35. The second-order valence-corrected chi connectivity index (χ2v) is 2.02. The summed E-state index contributed by atoms with van der Waals surface area (Å²) in [5, 5.41) is 0. The molecule has 11 heavy (non-hydrogen) atoms. The Labute approximate surface area is 66.5 Å². The summed E-state index contributed by atoms with van der Waals surface area (Å²) in [5.41, 5.74) is 1.02. The molecule has 2 nitrogen and oxygen atoms in total. The monoisotopic (exact) mass is 148 g/mol. The highest BCUT2D eigenvalue weighted by molar-refractivity contribution is 5.15. The molecular formula is C9H10NO. The minimum Gasteiger partial charge on any atom is -0.366 e. The molecule has 57 valence electrons. The van der Waals surface area contributed by atoms with Gasteiger partial charge >= 0.3 is 0 Å². The molecule has 0 N–H and O–H groups in total. The Hall–Kier alpha value is -1.15. The van der Waals surface area contributed by atoms with Crippen LogP contribution in [0.15, 0.2) is 37.2 Å². The Morgan fingerprint density at radius 2 is 2.18 bits per heavy atom. The molecule has 0 unspecified atom stereocenters. The third-order valence-corrected chi connectivity index (χ3v) is 1.14. The topological polar surface area (TPSA) is 22.1 Å². The highest BCUT2D eigenvalue weighted by Gasteiger charge is 1.89. The predicted molar refractivity (Wildman–Crippen MR) is 43.8 cm³/mol. The third-order valence-electron chi connectivity index (χ3n) is 1.14. The number of aromatic nitrogens is 1. The van der Waals surface area contributed by atoms with Crippen LogP contribution in [0, 0.1) is 6.61 Å². The van der Waals surface area contributed by atoms with Crippen LogP contribution in [0.1, 0.15) is 5.56 Å². The fraction of sp³-hybridized carbons (Fsp3) is 0.111. The van der Waals surface area contributed by atoms with Crippen LogP contribution < -0.4 is 0 Å². The van der Waals surface area contributed by atoms with Crippen molar-refractivity contribution in [3.63, 3.8) is 0 Å². The molecule has 1 aromatic rings. The van der Waals surface area contributed by atoms with Gasteiger partial charge in [-0.1, -0.05) is 6.08 Å². The molecule has 0 spiro atoms. The molecule has 1 aromatic heterocycles. The highest BCUT2D eigenvalue weighted by Crippen LogP contribution is 2.00. The zero-order chi connectivity index (χ0) is 7.94. The van der Waals surface area contributed by atoms with Crippen molar-refractivity contribution in [3.05, 3.63) is 49.4 Å². The molecular weight excluding hydrogens is 138 g/mol. The van der Waals surface area contributed by atoms with Gasteiger partial charge in [-0.3, -0.25) is 4.98 Å². The first-order valence-corrected chi connectivity index (χ1v) is 3.39. The lowest BCUT2D eigenvalue weighted by atomic mass is 10.3. The number of hydrogen-bond acceptors (Lipinski definition) is 2. The second-order valence-electron chi connectivity index (χ2n) is 2.02. The maximum absolute atomic E-state index is 5.10. The summed E-state index contributed by atoms with van der Waals surface area (Å²) in [6.45, 7) is 5.76. The van der Waals surface area contributed by atoms with Crippen LogP contribution in [-0.2, 0) is 4.74 Å². The van der Waals surface area contributed by atoms with Gasteiger partial charge in [0.1, 0.15) is 6.61 Å². The van der Waals surface area contributed by atoms with Crippen LogP contribution in [-0.4, -0.2) is 11.6 Å². The molecule has 0 aliphatic carbocycles. The van der Waals surface area contributed by atoms with E-state index in [1.54, 1.807) is 25.1 Å². The third kappa shape index (κ3) is 2.96. The van der Waals surface area contributed by atoms with Gasteiger partial charge < -0.3 is 4.74 Å². The lowest BCUT2D eigenvalue weighted by Gasteiger charge is -1.98. The first-order chi connectivity index (χ1) is 5.43. The van der Waals surface area contributed by atoms with Crippen molar-refractivity contribution in [1.82, 2.24) is 4.98 Å². The van der Waals surface area contributed by atoms with Gasteiger partial charge in [-0.05, 0) is 17.7 Å². The number of rotatable bonds is 4. The molecule has 0 saturated heterocycles. The maximum atomic E-state index is 5.10. The first kappa shape index (κ1) is 7.95. The Bertz CT molecular complexity index is 208. The molecule has 2 heteroatoms. The van der Waals surface area contributed by atoms with Crippen LogP contribution in [0.25, 0.3) is 0 Å². The maximum Gasteiger partial charge on any atom is 0.113 e. The van der Waals surface area contributed by atoms with Gasteiger partial charge in [-0.2, -0.15) is 0 Å². The van der Waals surface area contributed by atoms with E-state index in [4.69, 9.17) is 4.74 Å². The fourth-order valence-corrected chi connectivity index (χ4v) is 0.654. The molecule has 0 amide bonds. The van der Waals surface area contributed by atoms with E-state index in [1.807, 2.05) is 12.1 Å². The zero-order valence-electron chi connectivity index (χ0n) is 6.23. The fourth-order valence-electron chi connectivity index (χ4n) is 0.654. The van der Waals surface area contributed by atoms with Crippen molar-refractivity contribution in [1.29, 1.82) is 0 Å². The van der Waals surface area contributed by atoms with Gasteiger partial charge in [0, 0.05) is 12.4 Å². The van der Waals surface area contributed by atoms with Crippen molar-refractivity contribution >= 4 is 0 Å². The van der Waals surface area contributed by atoms with Gasteiger partial charge in [0.25, 0.3) is 0 Å². The molecule has 0 atom stereocenters. The molecule has 1 rings (SSSR count). The second kappa shape index (κ2) is 4.63. The number of ether oxygens (including phenoxy) is 1. The normalized spacial score (nSPS) is 9.45. The number of hydrogen-bond donors (Lipinski definition) is 0. The van der Waals surface area contributed by atoms with E-state index in [9.17, 15) is 0 Å². The summed E-state index contributed by atoms with van der Waals surface area (Å²) in [4.78, 5) is 3.88. The van der Waals surface area contributed by atoms with Crippen LogP contribution >= 0.6 is 0 Å². The van der Waals surface area contributed by atoms with E-state index in [-0.39, 0.29) is 0 Å². The van der Waals surface area contributed by atoms with Gasteiger partial charge in [-0.15, -0.1) is 6.58 Å². The van der Waals surface area contributed by atoms with Crippen LogP contribution in [0.4, 0.5) is 0 Å². The Morgan fingerprint density at radius 1 is 1.45 bits per heavy atom. The quantitative estimate of drug-likeness (QED) is 0.479. The zero-order valence-corrected chi connectivity index (χ0v) is 6.23. The average Bonchev–Trinajstić information content (AvgIpc) is 2.07. The summed E-state index contributed by atoms with van der Waals surface area (Å²) in [5.74, 6) is 0. The minimum absolute atomic E-state index is 0.544. The Morgan fingerprint density at radius 3 is 2.82 bits per heavy atom. The van der Waals surface area contributed by atoms with Gasteiger partial charge in [0.2, 0.25) is 0 Å². The summed E-state index contributed by atoms with van der Waals surface area (Å²) < 4.78 is 5.10. The standard InChI is InChI=1S/C9H10NO/c1-2-7-11-8-9-3-5-10-6-4-9/h2-6,8H,1,7H2. The molecule has 1 radical (unpaired) electrons. The van der Waals surface area contributed by atoms with E-state index >= 15 is 0 Å². The van der Waals surface area contributed by atoms with E-state index in [1.165, 1.54) is 0 Å². The number of nitrogens with zero attached hydrogens (tertiary/aromatic N) is 1. The van der Waals surface area contributed by atoms with E-state index in [0.717, 1.165) is 5.56 Å². The lowest BCUT2D eigenvalue weighted by Crippen LogP contribution is -1.88. The van der Waals surface area contributed by atoms with Crippen molar-refractivity contribution in [3.8, 4) is 0 Å². The number of pyridine rings is 1. The molecule has 0 saturated carbocycles. The SMILES string of the molecule is C=CCO[CH]c1ccncc1. The van der Waals surface area contributed by atoms with E-state index in [2.05, 4.69) is 11.6 Å². The first-order valence-electron chi connectivity index (χ1n) is 3.39. The van der Waals surface area contributed by atoms with E-state index < -0.39 is 0 Å². The van der Waals surface area contributed by atoms with Crippen LogP contribution in [0.3, 0.4) is 0 Å². The summed E-state index contributed by atoms with van der Waals surface area (Å²) in [6.07, 6.45) is 5.16. The summed E-state index contributed by atoms with van der Waals surface area (Å²) >= 11 is 0. The summed E-state index contributed by atoms with van der Waals surface area (Å²) in [6, 6.07) is 3.76. The smallest absolute Gasteiger partial charge is 0.113 e. The van der Waals surface area contributed by atoms with E-state index in [0.29, 0.717) is 6.61 Å². The largest absolute Gasteiger partial charge is 0.366 e. The van der Waals surface area contributed by atoms with Crippen molar-refractivity contribution in [2.24, 2.45) is 0 Å². The highest BCUT2D eigenvalue weighted by atomic mass is 16.5. The summed E-state index contributed by atoms with van der Waals surface area (Å²) in [7, 11) is 0. The van der Waals surface area contributed by atoms with Crippen molar-refractivity contribution in [2.75, 3.05) is 6.61 Å². The van der Waals surface area contributed by atoms with Crippen LogP contribution in [0.5, 0.6) is 0 Å². The molecule has 0 aromatic carbocycles. The van der Waals surface area contributed by atoms with Crippen molar-refractivity contribution < 1.29 is 4.74 Å². The average molecular weight is 148 g/mol. The molecule has 1 heterocycles. The van der Waals surface area contributed by atoms with Gasteiger partial charge in [0.15, 0.2) is 0 Å². The Balaban J connectivity index is 2.33. The lowest BCUT2D eigenvalue weighted by molar-refractivity contribution is 0.248. The van der Waals surface area contributed by atoms with Gasteiger partial charge in [0.05, 0.1) is 6.61 Å². The molecule has 0 aliphatic heterocycles. The molecule has 0 bridgehead atoms. The predicted octanol–water partition coefficient (Wildman–Crippen LogP) is 1.79. The van der Waals surface area contributed by atoms with Crippen molar-refractivity contribution in [2.45, 2.75) is 0 Å².